The van der Waals surface area contributed by atoms with Crippen LogP contribution in [0.1, 0.15) is 16.0 Å². The Labute approximate surface area is 131 Å². The summed E-state index contributed by atoms with van der Waals surface area (Å²) in [5.41, 5.74) is 1.69. The fourth-order valence-electron chi connectivity index (χ4n) is 2.01. The molecular weight excluding hydrogens is 336 g/mol. The van der Waals surface area contributed by atoms with E-state index in [1.54, 1.807) is 18.4 Å². The summed E-state index contributed by atoms with van der Waals surface area (Å²) < 4.78 is 6.28. The summed E-state index contributed by atoms with van der Waals surface area (Å²) >= 11 is 5.21. The molecule has 1 aromatic heterocycles. The van der Waals surface area contributed by atoms with Crippen LogP contribution >= 0.6 is 27.3 Å². The van der Waals surface area contributed by atoms with Crippen LogP contribution in [0.15, 0.2) is 34.1 Å². The van der Waals surface area contributed by atoms with Crippen LogP contribution in [0.5, 0.6) is 5.75 Å². The van der Waals surface area contributed by atoms with Crippen molar-refractivity contribution in [2.24, 2.45) is 0 Å². The van der Waals surface area contributed by atoms with Gasteiger partial charge in [-0.25, -0.2) is 0 Å². The largest absolute Gasteiger partial charge is 0.495 e. The summed E-state index contributed by atoms with van der Waals surface area (Å²) in [7, 11) is 3.65. The van der Waals surface area contributed by atoms with Gasteiger partial charge < -0.3 is 4.74 Å². The van der Waals surface area contributed by atoms with E-state index in [0.29, 0.717) is 11.3 Å². The second-order valence-electron chi connectivity index (χ2n) is 4.55. The normalized spacial score (nSPS) is 10.6. The van der Waals surface area contributed by atoms with E-state index in [-0.39, 0.29) is 0 Å². The molecule has 0 radical (unpaired) electrons. The highest BCUT2D eigenvalue weighted by Gasteiger charge is 2.07. The SMILES string of the molecule is COc1ccc(CN(C)Cc2cc(Br)cs2)cc1C#N. The third-order valence-corrected chi connectivity index (χ3v) is 4.57. The Balaban J connectivity index is 2.04. The maximum Gasteiger partial charge on any atom is 0.136 e. The molecule has 0 spiro atoms. The van der Waals surface area contributed by atoms with Gasteiger partial charge in [-0.05, 0) is 46.7 Å². The van der Waals surface area contributed by atoms with Crippen molar-refractivity contribution in [3.05, 3.63) is 50.1 Å². The summed E-state index contributed by atoms with van der Waals surface area (Å²) in [6.07, 6.45) is 0. The molecule has 0 atom stereocenters. The Hall–Kier alpha value is -1.35. The molecule has 0 aliphatic heterocycles. The number of hydrogen-bond acceptors (Lipinski definition) is 4. The van der Waals surface area contributed by atoms with Crippen molar-refractivity contribution in [2.75, 3.05) is 14.2 Å². The predicted octanol–water partition coefficient (Wildman–Crippen LogP) is 4.02. The molecule has 0 aliphatic rings. The first-order valence-electron chi connectivity index (χ1n) is 6.11. The van der Waals surface area contributed by atoms with Crippen LogP contribution in [-0.2, 0) is 13.1 Å². The van der Waals surface area contributed by atoms with Crippen molar-refractivity contribution < 1.29 is 4.74 Å². The van der Waals surface area contributed by atoms with Crippen LogP contribution in [0.4, 0.5) is 0 Å². The van der Waals surface area contributed by atoms with Crippen molar-refractivity contribution >= 4 is 27.3 Å². The lowest BCUT2D eigenvalue weighted by Crippen LogP contribution is -2.16. The van der Waals surface area contributed by atoms with Gasteiger partial charge in [-0.3, -0.25) is 4.90 Å². The van der Waals surface area contributed by atoms with E-state index < -0.39 is 0 Å². The molecule has 3 nitrogen and oxygen atoms in total. The average molecular weight is 351 g/mol. The zero-order valence-corrected chi connectivity index (χ0v) is 13.8. The van der Waals surface area contributed by atoms with Gasteiger partial charge in [-0.2, -0.15) is 5.26 Å². The minimum atomic E-state index is 0.581. The molecule has 0 N–H and O–H groups in total. The van der Waals surface area contributed by atoms with Gasteiger partial charge in [0.25, 0.3) is 0 Å². The van der Waals surface area contributed by atoms with Crippen molar-refractivity contribution in [2.45, 2.75) is 13.1 Å². The molecule has 0 unspecified atom stereocenters. The molecule has 2 rings (SSSR count). The Kier molecular flexibility index (Phi) is 5.18. The van der Waals surface area contributed by atoms with Crippen molar-refractivity contribution in [3.8, 4) is 11.8 Å². The maximum absolute atomic E-state index is 9.10. The van der Waals surface area contributed by atoms with Gasteiger partial charge in [0.1, 0.15) is 11.8 Å². The minimum Gasteiger partial charge on any atom is -0.495 e. The molecule has 0 saturated carbocycles. The van der Waals surface area contributed by atoms with E-state index in [2.05, 4.69) is 45.4 Å². The number of benzene rings is 1. The van der Waals surface area contributed by atoms with Gasteiger partial charge in [-0.15, -0.1) is 11.3 Å². The fraction of sp³-hybridized carbons (Fsp3) is 0.267. The molecular formula is C15H15BrN2OS. The number of halogens is 1. The second kappa shape index (κ2) is 6.89. The number of methoxy groups -OCH3 is 1. The molecule has 104 valence electrons. The maximum atomic E-state index is 9.10. The van der Waals surface area contributed by atoms with E-state index in [1.165, 1.54) is 4.88 Å². The molecule has 0 fully saturated rings. The van der Waals surface area contributed by atoms with Crippen LogP contribution in [0.25, 0.3) is 0 Å². The van der Waals surface area contributed by atoms with Crippen LogP contribution in [0.3, 0.4) is 0 Å². The summed E-state index contributed by atoms with van der Waals surface area (Å²) in [6, 6.07) is 10.0. The topological polar surface area (TPSA) is 36.3 Å². The van der Waals surface area contributed by atoms with Gasteiger partial charge in [0.05, 0.1) is 12.7 Å². The molecule has 0 amide bonds. The van der Waals surface area contributed by atoms with E-state index in [9.17, 15) is 0 Å². The first-order valence-corrected chi connectivity index (χ1v) is 7.78. The number of ether oxygens (including phenoxy) is 1. The molecule has 0 saturated heterocycles. The summed E-state index contributed by atoms with van der Waals surface area (Å²) in [6.45, 7) is 1.69. The number of rotatable bonds is 5. The van der Waals surface area contributed by atoms with Gasteiger partial charge >= 0.3 is 0 Å². The Bertz CT molecular complexity index is 633. The number of nitriles is 1. The molecule has 20 heavy (non-hydrogen) atoms. The fourth-order valence-corrected chi connectivity index (χ4v) is 3.54. The van der Waals surface area contributed by atoms with Gasteiger partial charge in [-0.1, -0.05) is 6.07 Å². The summed E-state index contributed by atoms with van der Waals surface area (Å²) in [5, 5.41) is 11.2. The van der Waals surface area contributed by atoms with E-state index in [4.69, 9.17) is 10.00 Å². The average Bonchev–Trinajstić information content (AvgIpc) is 2.83. The lowest BCUT2D eigenvalue weighted by molar-refractivity contribution is 0.321. The Morgan fingerprint density at radius 2 is 2.15 bits per heavy atom. The van der Waals surface area contributed by atoms with Crippen molar-refractivity contribution in [1.82, 2.24) is 4.90 Å². The van der Waals surface area contributed by atoms with E-state index >= 15 is 0 Å². The Morgan fingerprint density at radius 1 is 1.35 bits per heavy atom. The number of hydrogen-bond donors (Lipinski definition) is 0. The predicted molar refractivity (Wildman–Crippen MR) is 84.9 cm³/mol. The quantitative estimate of drug-likeness (QED) is 0.816. The highest BCUT2D eigenvalue weighted by Crippen LogP contribution is 2.23. The first kappa shape index (κ1) is 15.0. The number of thiophene rings is 1. The van der Waals surface area contributed by atoms with E-state index in [0.717, 1.165) is 23.1 Å². The summed E-state index contributed by atoms with van der Waals surface area (Å²) in [5.74, 6) is 0.626. The monoisotopic (exact) mass is 350 g/mol. The van der Waals surface area contributed by atoms with Crippen molar-refractivity contribution in [1.29, 1.82) is 5.26 Å². The zero-order chi connectivity index (χ0) is 14.5. The van der Waals surface area contributed by atoms with E-state index in [1.807, 2.05) is 18.2 Å². The van der Waals surface area contributed by atoms with Crippen LogP contribution < -0.4 is 4.74 Å². The zero-order valence-electron chi connectivity index (χ0n) is 11.4. The van der Waals surface area contributed by atoms with Gasteiger partial charge in [0, 0.05) is 27.8 Å². The Morgan fingerprint density at radius 3 is 2.75 bits per heavy atom. The molecule has 5 heteroatoms. The molecule has 2 aromatic rings. The van der Waals surface area contributed by atoms with Crippen LogP contribution in [-0.4, -0.2) is 19.1 Å². The lowest BCUT2D eigenvalue weighted by atomic mass is 10.1. The lowest BCUT2D eigenvalue weighted by Gasteiger charge is -2.16. The molecule has 0 aliphatic carbocycles. The minimum absolute atomic E-state index is 0.581. The molecule has 1 heterocycles. The highest BCUT2D eigenvalue weighted by molar-refractivity contribution is 9.10. The number of nitrogens with zero attached hydrogens (tertiary/aromatic N) is 2. The van der Waals surface area contributed by atoms with Crippen LogP contribution in [0.2, 0.25) is 0 Å². The van der Waals surface area contributed by atoms with Crippen LogP contribution in [0, 0.1) is 11.3 Å². The molecule has 0 bridgehead atoms. The van der Waals surface area contributed by atoms with Gasteiger partial charge in [0.15, 0.2) is 0 Å². The van der Waals surface area contributed by atoms with Gasteiger partial charge in [0.2, 0.25) is 0 Å². The first-order chi connectivity index (χ1) is 9.62. The van der Waals surface area contributed by atoms with Crippen molar-refractivity contribution in [3.63, 3.8) is 0 Å². The summed E-state index contributed by atoms with van der Waals surface area (Å²) in [4.78, 5) is 3.54. The standard InChI is InChI=1S/C15H15BrN2OS/c1-18(9-14-6-13(16)10-20-14)8-11-3-4-15(19-2)12(5-11)7-17/h3-6,10H,8-9H2,1-2H3. The second-order valence-corrected chi connectivity index (χ2v) is 6.46. The third-order valence-electron chi connectivity index (χ3n) is 2.88. The smallest absolute Gasteiger partial charge is 0.136 e. The third kappa shape index (κ3) is 3.83. The molecule has 1 aromatic carbocycles. The highest BCUT2D eigenvalue weighted by atomic mass is 79.9.